The van der Waals surface area contributed by atoms with Crippen molar-refractivity contribution >= 4 is 5.97 Å². The Labute approximate surface area is 79.6 Å². The zero-order valence-corrected chi connectivity index (χ0v) is 7.68. The molecule has 1 saturated heterocycles. The number of rotatable bonds is 1. The minimum atomic E-state index is -2.75. The quantitative estimate of drug-likeness (QED) is 0.611. The van der Waals surface area contributed by atoms with Crippen LogP contribution in [0.1, 0.15) is 6.42 Å². The summed E-state index contributed by atoms with van der Waals surface area (Å²) >= 11 is 0. The Hall–Kier alpha value is -0.750. The normalized spacial score (nSPS) is 39.5. The van der Waals surface area contributed by atoms with Gasteiger partial charge in [0.25, 0.3) is 5.92 Å². The van der Waals surface area contributed by atoms with Crippen LogP contribution in [0.5, 0.6) is 0 Å². The summed E-state index contributed by atoms with van der Waals surface area (Å²) in [5.41, 5.74) is -1.36. The molecule has 2 unspecified atom stereocenters. The first-order valence-corrected chi connectivity index (χ1v) is 4.34. The molecule has 14 heavy (non-hydrogen) atoms. The van der Waals surface area contributed by atoms with E-state index in [0.717, 1.165) is 0 Å². The minimum absolute atomic E-state index is 0.000231. The van der Waals surface area contributed by atoms with Gasteiger partial charge in [-0.3, -0.25) is 10.1 Å². The van der Waals surface area contributed by atoms with Gasteiger partial charge < -0.3 is 9.47 Å². The number of hydrogen-bond donors (Lipinski definition) is 1. The van der Waals surface area contributed by atoms with E-state index in [1.54, 1.807) is 0 Å². The lowest BCUT2D eigenvalue weighted by Crippen LogP contribution is -2.53. The Morgan fingerprint density at radius 3 is 2.64 bits per heavy atom. The van der Waals surface area contributed by atoms with Crippen LogP contribution >= 0.6 is 0 Å². The molecule has 2 aliphatic rings. The van der Waals surface area contributed by atoms with Crippen LogP contribution in [0.3, 0.4) is 0 Å². The molecule has 80 valence electrons. The maximum absolute atomic E-state index is 12.8. The average Bonchev–Trinajstić information content (AvgIpc) is 2.68. The van der Waals surface area contributed by atoms with Crippen LogP contribution in [0.2, 0.25) is 0 Å². The SMILES string of the molecule is COC(=O)C1COC2(CN1)CC2(F)F. The van der Waals surface area contributed by atoms with E-state index in [0.29, 0.717) is 0 Å². The highest BCUT2D eigenvalue weighted by Gasteiger charge is 2.73. The standard InChI is InChI=1S/C8H11F2NO3/c1-13-6(12)5-2-14-7(4-11-5)3-8(7,9)10/h5,11H,2-4H2,1H3. The van der Waals surface area contributed by atoms with E-state index in [1.165, 1.54) is 7.11 Å². The van der Waals surface area contributed by atoms with Crippen molar-refractivity contribution in [3.05, 3.63) is 0 Å². The molecule has 6 heteroatoms. The van der Waals surface area contributed by atoms with Crippen LogP contribution in [0.4, 0.5) is 8.78 Å². The van der Waals surface area contributed by atoms with Crippen molar-refractivity contribution in [2.45, 2.75) is 24.0 Å². The van der Waals surface area contributed by atoms with Gasteiger partial charge in [-0.2, -0.15) is 0 Å². The molecular formula is C8H11F2NO3. The number of carbonyl (C=O) groups is 1. The van der Waals surface area contributed by atoms with Crippen molar-refractivity contribution in [2.75, 3.05) is 20.3 Å². The first kappa shape index (κ1) is 9.79. The summed E-state index contributed by atoms with van der Waals surface area (Å²) in [6.45, 7) is -0.0535. The largest absolute Gasteiger partial charge is 0.468 e. The maximum atomic E-state index is 12.8. The highest BCUT2D eigenvalue weighted by atomic mass is 19.3. The number of hydrogen-bond acceptors (Lipinski definition) is 4. The summed E-state index contributed by atoms with van der Waals surface area (Å²) in [4.78, 5) is 11.0. The van der Waals surface area contributed by atoms with Gasteiger partial charge in [0, 0.05) is 6.54 Å². The molecule has 0 aromatic heterocycles. The van der Waals surface area contributed by atoms with Crippen molar-refractivity contribution in [1.29, 1.82) is 0 Å². The predicted octanol–water partition coefficient (Wildman–Crippen LogP) is -0.0744. The molecule has 0 bridgehead atoms. The molecule has 0 aromatic carbocycles. The van der Waals surface area contributed by atoms with Crippen LogP contribution in [0, 0.1) is 0 Å². The van der Waals surface area contributed by atoms with Crippen molar-refractivity contribution < 1.29 is 23.0 Å². The van der Waals surface area contributed by atoms with E-state index in [-0.39, 0.29) is 19.6 Å². The molecule has 0 aromatic rings. The van der Waals surface area contributed by atoms with Gasteiger partial charge in [-0.05, 0) is 0 Å². The Balaban J connectivity index is 1.91. The van der Waals surface area contributed by atoms with Crippen molar-refractivity contribution in [3.8, 4) is 0 Å². The molecule has 2 atom stereocenters. The summed E-state index contributed by atoms with van der Waals surface area (Å²) < 4.78 is 35.1. The third kappa shape index (κ3) is 1.29. The number of esters is 1. The fourth-order valence-corrected chi connectivity index (χ4v) is 1.60. The number of alkyl halides is 2. The number of morpholine rings is 1. The average molecular weight is 207 g/mol. The fourth-order valence-electron chi connectivity index (χ4n) is 1.60. The summed E-state index contributed by atoms with van der Waals surface area (Å²) in [6.07, 6.45) is -0.263. The van der Waals surface area contributed by atoms with Gasteiger partial charge in [0.15, 0.2) is 0 Å². The van der Waals surface area contributed by atoms with E-state index in [9.17, 15) is 13.6 Å². The Morgan fingerprint density at radius 2 is 2.29 bits per heavy atom. The zero-order valence-electron chi connectivity index (χ0n) is 7.68. The molecule has 1 saturated carbocycles. The Bertz CT molecular complexity index is 261. The van der Waals surface area contributed by atoms with Crippen LogP contribution in [0.25, 0.3) is 0 Å². The lowest BCUT2D eigenvalue weighted by molar-refractivity contribution is -0.151. The molecule has 0 radical (unpaired) electrons. The minimum Gasteiger partial charge on any atom is -0.468 e. The van der Waals surface area contributed by atoms with Crippen LogP contribution in [-0.4, -0.2) is 43.8 Å². The summed E-state index contributed by atoms with van der Waals surface area (Å²) in [7, 11) is 1.25. The van der Waals surface area contributed by atoms with Gasteiger partial charge in [-0.15, -0.1) is 0 Å². The van der Waals surface area contributed by atoms with E-state index in [4.69, 9.17) is 4.74 Å². The van der Waals surface area contributed by atoms with Gasteiger partial charge in [0.2, 0.25) is 0 Å². The van der Waals surface area contributed by atoms with Gasteiger partial charge in [-0.25, -0.2) is 8.78 Å². The lowest BCUT2D eigenvalue weighted by Gasteiger charge is -2.28. The number of halogens is 2. The fraction of sp³-hybridized carbons (Fsp3) is 0.875. The number of ether oxygens (including phenoxy) is 2. The maximum Gasteiger partial charge on any atom is 0.325 e. The summed E-state index contributed by atoms with van der Waals surface area (Å²) in [5.74, 6) is -3.23. The third-order valence-electron chi connectivity index (χ3n) is 2.70. The molecule has 1 heterocycles. The number of carbonyl (C=O) groups excluding carboxylic acids is 1. The smallest absolute Gasteiger partial charge is 0.325 e. The van der Waals surface area contributed by atoms with Gasteiger partial charge in [0.05, 0.1) is 20.1 Å². The van der Waals surface area contributed by atoms with Crippen molar-refractivity contribution in [2.24, 2.45) is 0 Å². The van der Waals surface area contributed by atoms with Gasteiger partial charge in [-0.1, -0.05) is 0 Å². The highest BCUT2D eigenvalue weighted by Crippen LogP contribution is 2.55. The molecular weight excluding hydrogens is 196 g/mol. The highest BCUT2D eigenvalue weighted by molar-refractivity contribution is 5.76. The molecule has 2 rings (SSSR count). The second kappa shape index (κ2) is 2.87. The number of nitrogens with one attached hydrogen (secondary N) is 1. The van der Waals surface area contributed by atoms with E-state index in [1.807, 2.05) is 0 Å². The first-order chi connectivity index (χ1) is 6.51. The Kier molecular flexibility index (Phi) is 2.01. The van der Waals surface area contributed by atoms with Crippen LogP contribution in [-0.2, 0) is 14.3 Å². The second-order valence-corrected chi connectivity index (χ2v) is 3.64. The second-order valence-electron chi connectivity index (χ2n) is 3.64. The molecule has 0 amide bonds. The van der Waals surface area contributed by atoms with E-state index >= 15 is 0 Å². The van der Waals surface area contributed by atoms with E-state index < -0.39 is 23.5 Å². The molecule has 1 aliphatic heterocycles. The van der Waals surface area contributed by atoms with Gasteiger partial charge >= 0.3 is 5.97 Å². The van der Waals surface area contributed by atoms with Gasteiger partial charge in [0.1, 0.15) is 11.6 Å². The predicted molar refractivity (Wildman–Crippen MR) is 42.1 cm³/mol. The lowest BCUT2D eigenvalue weighted by atomic mass is 10.2. The van der Waals surface area contributed by atoms with Crippen molar-refractivity contribution in [3.63, 3.8) is 0 Å². The van der Waals surface area contributed by atoms with Crippen LogP contribution < -0.4 is 5.32 Å². The molecule has 1 spiro atoms. The summed E-state index contributed by atoms with van der Waals surface area (Å²) in [5, 5.41) is 2.70. The molecule has 1 N–H and O–H groups in total. The number of methoxy groups -OCH3 is 1. The van der Waals surface area contributed by atoms with E-state index in [2.05, 4.69) is 10.1 Å². The first-order valence-electron chi connectivity index (χ1n) is 4.34. The monoisotopic (exact) mass is 207 g/mol. The van der Waals surface area contributed by atoms with Crippen LogP contribution in [0.15, 0.2) is 0 Å². The molecule has 2 fully saturated rings. The topological polar surface area (TPSA) is 47.6 Å². The van der Waals surface area contributed by atoms with Crippen molar-refractivity contribution in [1.82, 2.24) is 5.32 Å². The molecule has 4 nitrogen and oxygen atoms in total. The zero-order chi connectivity index (χ0) is 10.4. The third-order valence-corrected chi connectivity index (χ3v) is 2.70. The molecule has 1 aliphatic carbocycles. The summed E-state index contributed by atoms with van der Waals surface area (Å²) in [6, 6.07) is -0.623. The Morgan fingerprint density at radius 1 is 1.64 bits per heavy atom.